The van der Waals surface area contributed by atoms with Crippen LogP contribution < -0.4 is 26.6 Å². The van der Waals surface area contributed by atoms with Gasteiger partial charge in [0.1, 0.15) is 12.5 Å². The molecule has 7 heteroatoms. The zero-order chi connectivity index (χ0) is 27.9. The molecular weight excluding hydrogens is 522 g/mol. The third kappa shape index (κ3) is 6.15. The van der Waals surface area contributed by atoms with E-state index < -0.39 is 0 Å². The van der Waals surface area contributed by atoms with Crippen molar-refractivity contribution in [2.45, 2.75) is 177 Å². The Hall–Kier alpha value is -0.540. The van der Waals surface area contributed by atoms with Crippen molar-refractivity contribution in [3.8, 4) is 0 Å². The van der Waals surface area contributed by atoms with Gasteiger partial charge in [0.2, 0.25) is 0 Å². The molecule has 0 aromatic rings. The lowest BCUT2D eigenvalue weighted by Gasteiger charge is -2.49. The highest BCUT2D eigenvalue weighted by Crippen LogP contribution is 2.40. The van der Waals surface area contributed by atoms with Crippen LogP contribution in [0.1, 0.15) is 122 Å². The molecule has 0 amide bonds. The minimum atomic E-state index is 0.235. The summed E-state index contributed by atoms with van der Waals surface area (Å²) >= 11 is 0. The topological polar surface area (TPSA) is 78.6 Å². The Morgan fingerprint density at radius 1 is 0.452 bits per heavy atom. The SMILES string of the molecule is C1=CC(C2NC(C3CCCCC3)NC(C3CCCC(C4NC5CCCCC5O4)C3)N2)CC(C2NC3CCCCC3O2)C1. The molecule has 3 heterocycles. The summed E-state index contributed by atoms with van der Waals surface area (Å²) in [6.45, 7) is 0. The Kier molecular flexibility index (Phi) is 8.99. The van der Waals surface area contributed by atoms with Crippen molar-refractivity contribution in [2.24, 2.45) is 29.6 Å². The maximum Gasteiger partial charge on any atom is 0.112 e. The van der Waals surface area contributed by atoms with E-state index in [0.717, 1.165) is 12.3 Å². The van der Waals surface area contributed by atoms with Crippen LogP contribution in [0, 0.1) is 29.6 Å². The van der Waals surface area contributed by atoms with Crippen LogP contribution >= 0.6 is 0 Å². The molecule has 0 radical (unpaired) electrons. The van der Waals surface area contributed by atoms with E-state index >= 15 is 0 Å². The van der Waals surface area contributed by atoms with E-state index in [1.54, 1.807) is 0 Å². The molecule has 3 aliphatic heterocycles. The van der Waals surface area contributed by atoms with Gasteiger partial charge in [-0.05, 0) is 88.4 Å². The maximum atomic E-state index is 6.68. The van der Waals surface area contributed by atoms with Gasteiger partial charge in [0, 0.05) is 23.9 Å². The van der Waals surface area contributed by atoms with Gasteiger partial charge in [0.25, 0.3) is 0 Å². The molecule has 3 saturated heterocycles. The second kappa shape index (κ2) is 13.1. The third-order valence-corrected chi connectivity index (χ3v) is 12.9. The number of rotatable bonds is 5. The zero-order valence-corrected chi connectivity index (χ0v) is 26.0. The van der Waals surface area contributed by atoms with E-state index in [1.165, 1.54) is 116 Å². The fourth-order valence-electron chi connectivity index (χ4n) is 10.5. The van der Waals surface area contributed by atoms with Crippen LogP contribution in [-0.4, -0.2) is 55.2 Å². The van der Waals surface area contributed by atoms with Crippen LogP contribution in [0.15, 0.2) is 12.2 Å². The van der Waals surface area contributed by atoms with Gasteiger partial charge in [0.15, 0.2) is 0 Å². The first-order chi connectivity index (χ1) is 20.8. The average molecular weight is 582 g/mol. The van der Waals surface area contributed by atoms with E-state index in [9.17, 15) is 0 Å². The Labute approximate surface area is 254 Å². The second-order valence-electron chi connectivity index (χ2n) is 15.6. The molecule has 7 fully saturated rings. The number of hydrogen-bond acceptors (Lipinski definition) is 7. The minimum Gasteiger partial charge on any atom is -0.358 e. The average Bonchev–Trinajstić information content (AvgIpc) is 3.70. The van der Waals surface area contributed by atoms with Crippen molar-refractivity contribution < 1.29 is 9.47 Å². The van der Waals surface area contributed by atoms with Gasteiger partial charge >= 0.3 is 0 Å². The maximum absolute atomic E-state index is 6.68. The molecule has 0 spiro atoms. The van der Waals surface area contributed by atoms with E-state index in [2.05, 4.69) is 38.7 Å². The first kappa shape index (κ1) is 28.9. The van der Waals surface area contributed by atoms with Crippen LogP contribution in [0.25, 0.3) is 0 Å². The predicted molar refractivity (Wildman–Crippen MR) is 166 cm³/mol. The number of nitrogens with one attached hydrogen (secondary N) is 5. The number of allylic oxidation sites excluding steroid dienone is 1. The molecular formula is C35H59N5O2. The standard InChI is InChI=1S/C35H59N5O2/c1-2-10-22(11-3-1)31-38-32(23-12-8-14-25(20-23)34-36-27-16-4-6-18-29(27)41-34)40-33(39-31)24-13-9-15-26(21-24)35-37-28-17-5-7-19-30(28)42-35/h8,12,22-40H,1-7,9-11,13-21H2. The molecule has 7 nitrogen and oxygen atoms in total. The van der Waals surface area contributed by atoms with Crippen molar-refractivity contribution in [1.29, 1.82) is 0 Å². The minimum absolute atomic E-state index is 0.235. The Morgan fingerprint density at radius 3 is 1.74 bits per heavy atom. The first-order valence-corrected chi connectivity index (χ1v) is 18.5. The Bertz CT molecular complexity index is 899. The molecule has 0 aromatic heterocycles. The largest absolute Gasteiger partial charge is 0.358 e. The van der Waals surface area contributed by atoms with Gasteiger partial charge < -0.3 is 9.47 Å². The van der Waals surface area contributed by atoms with Crippen molar-refractivity contribution in [3.05, 3.63) is 12.2 Å². The molecule has 0 aromatic carbocycles. The van der Waals surface area contributed by atoms with Crippen molar-refractivity contribution in [2.75, 3.05) is 0 Å². The monoisotopic (exact) mass is 581 g/mol. The third-order valence-electron chi connectivity index (χ3n) is 12.9. The summed E-state index contributed by atoms with van der Waals surface area (Å²) in [5, 5.41) is 20.4. The number of fused-ring (bicyclic) bond motifs is 2. The summed E-state index contributed by atoms with van der Waals surface area (Å²) in [7, 11) is 0. The molecule has 4 saturated carbocycles. The van der Waals surface area contributed by atoms with Gasteiger partial charge in [0.05, 0.1) is 30.7 Å². The Balaban J connectivity index is 0.948. The van der Waals surface area contributed by atoms with Crippen LogP contribution in [0.5, 0.6) is 0 Å². The summed E-state index contributed by atoms with van der Waals surface area (Å²) in [6, 6.07) is 1.19. The van der Waals surface area contributed by atoms with Gasteiger partial charge in [-0.1, -0.05) is 63.5 Å². The highest BCUT2D eigenvalue weighted by atomic mass is 16.5. The van der Waals surface area contributed by atoms with Crippen LogP contribution in [0.4, 0.5) is 0 Å². The zero-order valence-electron chi connectivity index (χ0n) is 26.0. The lowest BCUT2D eigenvalue weighted by atomic mass is 9.77. The normalized spacial score (nSPS) is 50.3. The van der Waals surface area contributed by atoms with Gasteiger partial charge in [-0.25, -0.2) is 0 Å². The van der Waals surface area contributed by atoms with Gasteiger partial charge in [-0.3, -0.25) is 26.6 Å². The summed E-state index contributed by atoms with van der Waals surface area (Å²) in [4.78, 5) is 0. The van der Waals surface area contributed by atoms with Gasteiger partial charge in [-0.2, -0.15) is 0 Å². The Morgan fingerprint density at radius 2 is 1.02 bits per heavy atom. The van der Waals surface area contributed by atoms with Crippen LogP contribution in [-0.2, 0) is 9.47 Å². The fraction of sp³-hybridized carbons (Fsp3) is 0.943. The lowest BCUT2D eigenvalue weighted by Crippen LogP contribution is -2.72. The highest BCUT2D eigenvalue weighted by Gasteiger charge is 2.45. The van der Waals surface area contributed by atoms with Crippen molar-refractivity contribution in [1.82, 2.24) is 26.6 Å². The molecule has 0 bridgehead atoms. The first-order valence-electron chi connectivity index (χ1n) is 18.5. The quantitative estimate of drug-likeness (QED) is 0.285. The van der Waals surface area contributed by atoms with Crippen LogP contribution in [0.2, 0.25) is 0 Å². The van der Waals surface area contributed by atoms with E-state index in [0.29, 0.717) is 66.5 Å². The van der Waals surface area contributed by atoms with Crippen LogP contribution in [0.3, 0.4) is 0 Å². The summed E-state index contributed by atoms with van der Waals surface area (Å²) in [5.41, 5.74) is 0. The molecule has 13 atom stereocenters. The fourth-order valence-corrected chi connectivity index (χ4v) is 10.5. The lowest BCUT2D eigenvalue weighted by molar-refractivity contribution is -0.0298. The van der Waals surface area contributed by atoms with Crippen molar-refractivity contribution in [3.63, 3.8) is 0 Å². The molecule has 5 aliphatic carbocycles. The number of ether oxygens (including phenoxy) is 2. The molecule has 5 N–H and O–H groups in total. The highest BCUT2D eigenvalue weighted by molar-refractivity contribution is 5.06. The summed E-state index contributed by atoms with van der Waals surface area (Å²) < 4.78 is 13.3. The molecule has 42 heavy (non-hydrogen) atoms. The van der Waals surface area contributed by atoms with E-state index in [-0.39, 0.29) is 12.5 Å². The second-order valence-corrected chi connectivity index (χ2v) is 15.6. The number of hydrogen-bond donors (Lipinski definition) is 5. The summed E-state index contributed by atoms with van der Waals surface area (Å²) in [6.07, 6.45) is 32.6. The molecule has 8 rings (SSSR count). The molecule has 8 aliphatic rings. The molecule has 236 valence electrons. The van der Waals surface area contributed by atoms with E-state index in [4.69, 9.17) is 9.47 Å². The molecule has 13 unspecified atom stereocenters. The predicted octanol–water partition coefficient (Wildman–Crippen LogP) is 5.23. The van der Waals surface area contributed by atoms with Gasteiger partial charge in [-0.15, -0.1) is 0 Å². The smallest absolute Gasteiger partial charge is 0.112 e. The van der Waals surface area contributed by atoms with Crippen molar-refractivity contribution >= 4 is 0 Å². The van der Waals surface area contributed by atoms with E-state index in [1.807, 2.05) is 0 Å². The summed E-state index contributed by atoms with van der Waals surface area (Å²) in [5.74, 6) is 3.14.